The molecule has 4 nitrogen and oxygen atoms in total. The van der Waals surface area contributed by atoms with E-state index in [0.717, 1.165) is 24.0 Å². The minimum absolute atomic E-state index is 0.219. The Morgan fingerprint density at radius 1 is 0.897 bits per heavy atom. The fourth-order valence-electron chi connectivity index (χ4n) is 2.87. The van der Waals surface area contributed by atoms with Crippen molar-refractivity contribution in [1.82, 2.24) is 0 Å². The van der Waals surface area contributed by atoms with Crippen molar-refractivity contribution in [2.45, 2.75) is 32.8 Å². The Bertz CT molecular complexity index is 907. The van der Waals surface area contributed by atoms with Crippen molar-refractivity contribution >= 4 is 11.6 Å². The van der Waals surface area contributed by atoms with E-state index in [1.54, 1.807) is 6.92 Å². The van der Waals surface area contributed by atoms with Crippen LogP contribution in [0.3, 0.4) is 0 Å². The molecule has 0 fully saturated rings. The van der Waals surface area contributed by atoms with Crippen molar-refractivity contribution in [2.75, 3.05) is 11.9 Å². The molecule has 0 saturated carbocycles. The molecule has 1 amide bonds. The van der Waals surface area contributed by atoms with Crippen LogP contribution in [0.4, 0.5) is 5.69 Å². The van der Waals surface area contributed by atoms with Gasteiger partial charge >= 0.3 is 0 Å². The smallest absolute Gasteiger partial charge is 0.265 e. The van der Waals surface area contributed by atoms with E-state index in [1.807, 2.05) is 66.7 Å². The molecule has 1 atom stereocenters. The molecule has 150 valence electrons. The lowest BCUT2D eigenvalue weighted by Crippen LogP contribution is -2.30. The predicted molar refractivity (Wildman–Crippen MR) is 117 cm³/mol. The van der Waals surface area contributed by atoms with E-state index in [4.69, 9.17) is 9.47 Å². The molecule has 3 aromatic rings. The van der Waals surface area contributed by atoms with E-state index in [1.165, 1.54) is 0 Å². The Morgan fingerprint density at radius 2 is 1.55 bits per heavy atom. The quantitative estimate of drug-likeness (QED) is 0.461. The summed E-state index contributed by atoms with van der Waals surface area (Å²) in [6.07, 6.45) is 1.39. The van der Waals surface area contributed by atoms with Gasteiger partial charge in [0, 0.05) is 0 Å². The van der Waals surface area contributed by atoms with Gasteiger partial charge < -0.3 is 14.8 Å². The van der Waals surface area contributed by atoms with Gasteiger partial charge in [0.1, 0.15) is 11.5 Å². The molecule has 0 saturated heterocycles. The number of para-hydroxylation sites is 2. The van der Waals surface area contributed by atoms with E-state index in [0.29, 0.717) is 23.8 Å². The summed E-state index contributed by atoms with van der Waals surface area (Å²) in [6, 6.07) is 25.3. The highest BCUT2D eigenvalue weighted by Crippen LogP contribution is 2.25. The summed E-state index contributed by atoms with van der Waals surface area (Å²) in [4.78, 5) is 12.6. The van der Waals surface area contributed by atoms with Crippen molar-refractivity contribution in [3.63, 3.8) is 0 Å². The molecule has 0 spiro atoms. The Kier molecular flexibility index (Phi) is 7.28. The predicted octanol–water partition coefficient (Wildman–Crippen LogP) is 5.94. The Balaban J connectivity index is 1.60. The number of carbonyl (C=O) groups is 1. The van der Waals surface area contributed by atoms with Crippen LogP contribution in [0.2, 0.25) is 0 Å². The van der Waals surface area contributed by atoms with Gasteiger partial charge in [0.2, 0.25) is 0 Å². The van der Waals surface area contributed by atoms with Gasteiger partial charge in [0.25, 0.3) is 5.91 Å². The van der Waals surface area contributed by atoms with Gasteiger partial charge in [-0.1, -0.05) is 67.9 Å². The second kappa shape index (κ2) is 10.3. The maximum Gasteiger partial charge on any atom is 0.265 e. The molecule has 1 N–H and O–H groups in total. The molecule has 0 heterocycles. The molecule has 3 aromatic carbocycles. The number of ether oxygens (including phenoxy) is 2. The van der Waals surface area contributed by atoms with Gasteiger partial charge in [-0.2, -0.15) is 0 Å². The average Bonchev–Trinajstić information content (AvgIpc) is 2.76. The SMILES string of the molecule is CCCCOc1ccccc1NC(=O)[C@@H](C)Oc1ccc(-c2ccccc2)cc1. The molecular formula is C25H27NO3. The van der Waals surface area contributed by atoms with Crippen LogP contribution in [0.5, 0.6) is 11.5 Å². The third kappa shape index (κ3) is 5.85. The van der Waals surface area contributed by atoms with Crippen molar-refractivity contribution < 1.29 is 14.3 Å². The molecule has 0 radical (unpaired) electrons. The summed E-state index contributed by atoms with van der Waals surface area (Å²) in [5, 5.41) is 2.91. The number of hydrogen-bond acceptors (Lipinski definition) is 3. The summed E-state index contributed by atoms with van der Waals surface area (Å²) < 4.78 is 11.6. The van der Waals surface area contributed by atoms with Crippen LogP contribution in [0.15, 0.2) is 78.9 Å². The highest BCUT2D eigenvalue weighted by molar-refractivity contribution is 5.95. The van der Waals surface area contributed by atoms with Crippen molar-refractivity contribution in [3.05, 3.63) is 78.9 Å². The fourth-order valence-corrected chi connectivity index (χ4v) is 2.87. The highest BCUT2D eigenvalue weighted by atomic mass is 16.5. The molecule has 0 unspecified atom stereocenters. The number of rotatable bonds is 9. The number of nitrogens with one attached hydrogen (secondary N) is 1. The zero-order valence-corrected chi connectivity index (χ0v) is 16.9. The molecule has 0 bridgehead atoms. The van der Waals surface area contributed by atoms with Crippen LogP contribution in [0.1, 0.15) is 26.7 Å². The number of benzene rings is 3. The lowest BCUT2D eigenvalue weighted by Gasteiger charge is -2.17. The summed E-state index contributed by atoms with van der Waals surface area (Å²) in [6.45, 7) is 4.48. The molecule has 0 aliphatic heterocycles. The van der Waals surface area contributed by atoms with E-state index in [-0.39, 0.29) is 5.91 Å². The molecule has 0 aliphatic rings. The first kappa shape index (κ1) is 20.5. The van der Waals surface area contributed by atoms with Crippen LogP contribution in [0.25, 0.3) is 11.1 Å². The largest absolute Gasteiger partial charge is 0.491 e. The lowest BCUT2D eigenvalue weighted by molar-refractivity contribution is -0.122. The van der Waals surface area contributed by atoms with Crippen LogP contribution < -0.4 is 14.8 Å². The third-order valence-corrected chi connectivity index (χ3v) is 4.54. The van der Waals surface area contributed by atoms with Crippen molar-refractivity contribution in [3.8, 4) is 22.6 Å². The molecule has 29 heavy (non-hydrogen) atoms. The van der Waals surface area contributed by atoms with Gasteiger partial charge in [-0.3, -0.25) is 4.79 Å². The normalized spacial score (nSPS) is 11.5. The Hall–Kier alpha value is -3.27. The van der Waals surface area contributed by atoms with Crippen LogP contribution in [-0.4, -0.2) is 18.6 Å². The second-order valence-electron chi connectivity index (χ2n) is 6.84. The molecular weight excluding hydrogens is 362 g/mol. The first-order valence-electron chi connectivity index (χ1n) is 10.0. The Labute approximate surface area is 172 Å². The minimum atomic E-state index is -0.638. The van der Waals surface area contributed by atoms with Crippen molar-refractivity contribution in [2.24, 2.45) is 0 Å². The average molecular weight is 389 g/mol. The molecule has 0 aliphatic carbocycles. The van der Waals surface area contributed by atoms with Crippen LogP contribution >= 0.6 is 0 Å². The van der Waals surface area contributed by atoms with Gasteiger partial charge in [0.05, 0.1) is 12.3 Å². The number of unbranched alkanes of at least 4 members (excludes halogenated alkanes) is 1. The number of anilines is 1. The van der Waals surface area contributed by atoms with Gasteiger partial charge in [-0.25, -0.2) is 0 Å². The summed E-state index contributed by atoms with van der Waals surface area (Å²) in [5.74, 6) is 1.11. The van der Waals surface area contributed by atoms with E-state index in [9.17, 15) is 4.79 Å². The molecule has 3 rings (SSSR count). The Morgan fingerprint density at radius 3 is 2.28 bits per heavy atom. The summed E-state index contributed by atoms with van der Waals surface area (Å²) >= 11 is 0. The van der Waals surface area contributed by atoms with Gasteiger partial charge in [0.15, 0.2) is 6.10 Å². The zero-order valence-electron chi connectivity index (χ0n) is 16.9. The van der Waals surface area contributed by atoms with Crippen LogP contribution in [0, 0.1) is 0 Å². The maximum atomic E-state index is 12.6. The van der Waals surface area contributed by atoms with Gasteiger partial charge in [-0.05, 0) is 48.7 Å². The standard InChI is InChI=1S/C25H27NO3/c1-3-4-18-28-24-13-9-8-12-23(24)26-25(27)19(2)29-22-16-14-21(15-17-22)20-10-6-5-7-11-20/h5-17,19H,3-4,18H2,1-2H3,(H,26,27)/t19-/m1/s1. The van der Waals surface area contributed by atoms with E-state index in [2.05, 4.69) is 24.4 Å². The molecule has 4 heteroatoms. The maximum absolute atomic E-state index is 12.6. The monoisotopic (exact) mass is 389 g/mol. The third-order valence-electron chi connectivity index (χ3n) is 4.54. The fraction of sp³-hybridized carbons (Fsp3) is 0.240. The van der Waals surface area contributed by atoms with E-state index < -0.39 is 6.10 Å². The summed E-state index contributed by atoms with van der Waals surface area (Å²) in [7, 11) is 0. The van der Waals surface area contributed by atoms with Crippen molar-refractivity contribution in [1.29, 1.82) is 0 Å². The highest BCUT2D eigenvalue weighted by Gasteiger charge is 2.16. The first-order valence-corrected chi connectivity index (χ1v) is 10.0. The summed E-state index contributed by atoms with van der Waals surface area (Å²) in [5.41, 5.74) is 2.90. The number of hydrogen-bond donors (Lipinski definition) is 1. The first-order chi connectivity index (χ1) is 14.2. The van der Waals surface area contributed by atoms with Crippen LogP contribution in [-0.2, 0) is 4.79 Å². The molecule has 0 aromatic heterocycles. The van der Waals surface area contributed by atoms with Gasteiger partial charge in [-0.15, -0.1) is 0 Å². The topological polar surface area (TPSA) is 47.6 Å². The lowest BCUT2D eigenvalue weighted by atomic mass is 10.1. The second-order valence-corrected chi connectivity index (χ2v) is 6.84. The minimum Gasteiger partial charge on any atom is -0.491 e. The number of carbonyl (C=O) groups excluding carboxylic acids is 1. The zero-order chi connectivity index (χ0) is 20.5. The number of amides is 1. The van der Waals surface area contributed by atoms with E-state index >= 15 is 0 Å².